The first kappa shape index (κ1) is 15.5. The van der Waals surface area contributed by atoms with Gasteiger partial charge in [-0.15, -0.1) is 0 Å². The Hall–Kier alpha value is -2.36. The molecule has 1 N–H and O–H groups in total. The smallest absolute Gasteiger partial charge is 0.224 e. The maximum Gasteiger partial charge on any atom is 0.224 e. The van der Waals surface area contributed by atoms with Crippen LogP contribution in [0.2, 0.25) is 0 Å². The Balaban J connectivity index is 1.75. The van der Waals surface area contributed by atoms with Crippen LogP contribution in [0.5, 0.6) is 5.75 Å². The van der Waals surface area contributed by atoms with E-state index in [4.69, 9.17) is 4.74 Å². The van der Waals surface area contributed by atoms with Crippen LogP contribution in [0, 0.1) is 0 Å². The summed E-state index contributed by atoms with van der Waals surface area (Å²) in [5, 5.41) is 2.95. The summed E-state index contributed by atoms with van der Waals surface area (Å²) in [4.78, 5) is 16.3. The molecule has 3 rings (SSSR count). The lowest BCUT2D eigenvalue weighted by Gasteiger charge is -2.14. The maximum atomic E-state index is 11.7. The van der Waals surface area contributed by atoms with Gasteiger partial charge in [0.05, 0.1) is 5.69 Å². The molecule has 1 amide bonds. The topological polar surface area (TPSA) is 51.2 Å². The van der Waals surface area contributed by atoms with E-state index in [1.54, 1.807) is 0 Å². The summed E-state index contributed by atoms with van der Waals surface area (Å²) in [6, 6.07) is 11.9. The van der Waals surface area contributed by atoms with Gasteiger partial charge in [-0.3, -0.25) is 9.78 Å². The van der Waals surface area contributed by atoms with E-state index in [0.29, 0.717) is 13.0 Å². The van der Waals surface area contributed by atoms with Crippen molar-refractivity contribution in [3.05, 3.63) is 53.3 Å². The molecule has 1 aromatic heterocycles. The number of amides is 1. The van der Waals surface area contributed by atoms with Crippen LogP contribution in [0.25, 0.3) is 0 Å². The monoisotopic (exact) mass is 310 g/mol. The van der Waals surface area contributed by atoms with E-state index >= 15 is 0 Å². The predicted octanol–water partition coefficient (Wildman–Crippen LogP) is 3.89. The Morgan fingerprint density at radius 2 is 1.96 bits per heavy atom. The van der Waals surface area contributed by atoms with Crippen molar-refractivity contribution in [2.45, 2.75) is 45.6 Å². The molecular formula is C19H22N2O2. The molecule has 0 bridgehead atoms. The van der Waals surface area contributed by atoms with E-state index in [1.807, 2.05) is 30.3 Å². The molecule has 0 saturated carbocycles. The van der Waals surface area contributed by atoms with Crippen LogP contribution in [0.15, 0.2) is 36.4 Å². The number of fused-ring (bicyclic) bond motifs is 1. The van der Waals surface area contributed by atoms with Crippen molar-refractivity contribution in [1.82, 2.24) is 4.98 Å². The number of hydrogen-bond acceptors (Lipinski definition) is 3. The Labute approximate surface area is 136 Å². The molecule has 0 saturated heterocycles. The lowest BCUT2D eigenvalue weighted by Crippen LogP contribution is -2.09. The summed E-state index contributed by atoms with van der Waals surface area (Å²) in [5.41, 5.74) is 4.00. The first-order valence-corrected chi connectivity index (χ1v) is 8.25. The molecule has 0 fully saturated rings. The Morgan fingerprint density at radius 1 is 1.13 bits per heavy atom. The van der Waals surface area contributed by atoms with Crippen LogP contribution in [0.4, 0.5) is 5.69 Å². The second-order valence-electron chi connectivity index (χ2n) is 5.84. The number of carbonyl (C=O) groups is 1. The fourth-order valence-electron chi connectivity index (χ4n) is 2.87. The number of aryl methyl sites for hydroxylation is 1. The summed E-state index contributed by atoms with van der Waals surface area (Å²) in [6.07, 6.45) is 4.34. The minimum absolute atomic E-state index is 0.0785. The SMILES string of the molecule is CCCc1cccc(COc2cccc3c2CCCC(=O)N3)n1. The first-order valence-electron chi connectivity index (χ1n) is 8.25. The van der Waals surface area contributed by atoms with E-state index in [-0.39, 0.29) is 5.91 Å². The number of ether oxygens (including phenoxy) is 1. The molecule has 0 aliphatic carbocycles. The third-order valence-corrected chi connectivity index (χ3v) is 3.98. The summed E-state index contributed by atoms with van der Waals surface area (Å²) < 4.78 is 6.00. The summed E-state index contributed by atoms with van der Waals surface area (Å²) in [6.45, 7) is 2.60. The van der Waals surface area contributed by atoms with Crippen molar-refractivity contribution in [2.24, 2.45) is 0 Å². The Kier molecular flexibility index (Phi) is 4.91. The summed E-state index contributed by atoms with van der Waals surface area (Å²) >= 11 is 0. The second-order valence-corrected chi connectivity index (χ2v) is 5.84. The van der Waals surface area contributed by atoms with E-state index in [2.05, 4.69) is 23.3 Å². The highest BCUT2D eigenvalue weighted by Gasteiger charge is 2.16. The number of carbonyl (C=O) groups excluding carboxylic acids is 1. The summed E-state index contributed by atoms with van der Waals surface area (Å²) in [7, 11) is 0. The molecular weight excluding hydrogens is 288 g/mol. The van der Waals surface area contributed by atoms with Crippen LogP contribution < -0.4 is 10.1 Å². The highest BCUT2D eigenvalue weighted by Crippen LogP contribution is 2.31. The average Bonchev–Trinajstić information content (AvgIpc) is 2.74. The van der Waals surface area contributed by atoms with E-state index in [1.165, 1.54) is 0 Å². The van der Waals surface area contributed by atoms with Crippen molar-refractivity contribution in [1.29, 1.82) is 0 Å². The minimum atomic E-state index is 0.0785. The number of hydrogen-bond donors (Lipinski definition) is 1. The molecule has 4 heteroatoms. The van der Waals surface area contributed by atoms with Crippen molar-refractivity contribution in [2.75, 3.05) is 5.32 Å². The third kappa shape index (κ3) is 3.89. The van der Waals surface area contributed by atoms with Gasteiger partial charge < -0.3 is 10.1 Å². The van der Waals surface area contributed by atoms with Crippen LogP contribution in [-0.4, -0.2) is 10.9 Å². The molecule has 120 valence electrons. The zero-order valence-corrected chi connectivity index (χ0v) is 13.5. The van der Waals surface area contributed by atoms with E-state index in [0.717, 1.165) is 54.1 Å². The van der Waals surface area contributed by atoms with Gasteiger partial charge in [0.1, 0.15) is 12.4 Å². The number of benzene rings is 1. The number of nitrogens with one attached hydrogen (secondary N) is 1. The van der Waals surface area contributed by atoms with Crippen molar-refractivity contribution < 1.29 is 9.53 Å². The van der Waals surface area contributed by atoms with Gasteiger partial charge in [0.2, 0.25) is 5.91 Å². The largest absolute Gasteiger partial charge is 0.487 e. The van der Waals surface area contributed by atoms with Crippen molar-refractivity contribution in [3.8, 4) is 5.75 Å². The lowest BCUT2D eigenvalue weighted by molar-refractivity contribution is -0.116. The number of pyridine rings is 1. The van der Waals surface area contributed by atoms with Crippen LogP contribution in [0.1, 0.15) is 43.1 Å². The fourth-order valence-corrected chi connectivity index (χ4v) is 2.87. The first-order chi connectivity index (χ1) is 11.3. The van der Waals surface area contributed by atoms with Crippen LogP contribution in [0.3, 0.4) is 0 Å². The zero-order chi connectivity index (χ0) is 16.1. The molecule has 0 atom stereocenters. The van der Waals surface area contributed by atoms with Crippen LogP contribution in [-0.2, 0) is 24.2 Å². The second kappa shape index (κ2) is 7.27. The molecule has 1 aliphatic heterocycles. The van der Waals surface area contributed by atoms with Gasteiger partial charge in [-0.2, -0.15) is 0 Å². The normalized spacial score (nSPS) is 13.9. The van der Waals surface area contributed by atoms with Gasteiger partial charge >= 0.3 is 0 Å². The van der Waals surface area contributed by atoms with E-state index < -0.39 is 0 Å². The van der Waals surface area contributed by atoms with Gasteiger partial charge in [-0.05, 0) is 43.5 Å². The molecule has 0 radical (unpaired) electrons. The predicted molar refractivity (Wildman–Crippen MR) is 90.6 cm³/mol. The molecule has 0 spiro atoms. The molecule has 4 nitrogen and oxygen atoms in total. The van der Waals surface area contributed by atoms with Gasteiger partial charge in [0, 0.05) is 23.4 Å². The fraction of sp³-hybridized carbons (Fsp3) is 0.368. The van der Waals surface area contributed by atoms with E-state index in [9.17, 15) is 4.79 Å². The Bertz CT molecular complexity index is 698. The standard InChI is InChI=1S/C19H22N2O2/c1-2-6-14-7-3-8-15(20-14)13-23-18-11-5-10-17-16(18)9-4-12-19(22)21-17/h3,5,7-8,10-11H,2,4,6,9,12-13H2,1H3,(H,21,22). The molecule has 0 unspecified atom stereocenters. The number of nitrogens with zero attached hydrogens (tertiary/aromatic N) is 1. The quantitative estimate of drug-likeness (QED) is 0.911. The van der Waals surface area contributed by atoms with Crippen LogP contribution >= 0.6 is 0 Å². The molecule has 23 heavy (non-hydrogen) atoms. The Morgan fingerprint density at radius 3 is 2.83 bits per heavy atom. The zero-order valence-electron chi connectivity index (χ0n) is 13.5. The number of rotatable bonds is 5. The van der Waals surface area contributed by atoms with Gasteiger partial charge in [0.15, 0.2) is 0 Å². The molecule has 2 heterocycles. The van der Waals surface area contributed by atoms with Gasteiger partial charge in [-0.25, -0.2) is 0 Å². The summed E-state index contributed by atoms with van der Waals surface area (Å²) in [5.74, 6) is 0.919. The highest BCUT2D eigenvalue weighted by atomic mass is 16.5. The minimum Gasteiger partial charge on any atom is -0.487 e. The molecule has 1 aromatic carbocycles. The van der Waals surface area contributed by atoms with Crippen molar-refractivity contribution >= 4 is 11.6 Å². The average molecular weight is 310 g/mol. The maximum absolute atomic E-state index is 11.7. The van der Waals surface area contributed by atoms with Gasteiger partial charge in [-0.1, -0.05) is 25.5 Å². The molecule has 1 aliphatic rings. The van der Waals surface area contributed by atoms with Gasteiger partial charge in [0.25, 0.3) is 0 Å². The van der Waals surface area contributed by atoms with Crippen molar-refractivity contribution in [3.63, 3.8) is 0 Å². The highest BCUT2D eigenvalue weighted by molar-refractivity contribution is 5.92. The number of aromatic nitrogens is 1. The lowest BCUT2D eigenvalue weighted by atomic mass is 10.1. The number of anilines is 1. The third-order valence-electron chi connectivity index (χ3n) is 3.98. The molecule has 2 aromatic rings.